The number of fused-ring (bicyclic) bond motifs is 1. The lowest BCUT2D eigenvalue weighted by Gasteiger charge is -2.18. The predicted molar refractivity (Wildman–Crippen MR) is 61.0 cm³/mol. The summed E-state index contributed by atoms with van der Waals surface area (Å²) >= 11 is 0. The highest BCUT2D eigenvalue weighted by Gasteiger charge is 2.10. The number of benzene rings is 1. The largest absolute Gasteiger partial charge is 0.464 e. The molecule has 3 rings (SSSR count). The average Bonchev–Trinajstić information content (AvgIpc) is 2.82. The molecule has 76 valence electrons. The molecular formula is C13H13NO. The van der Waals surface area contributed by atoms with E-state index in [2.05, 4.69) is 23.5 Å². The molecule has 0 amide bonds. The van der Waals surface area contributed by atoms with Gasteiger partial charge in [0.1, 0.15) is 5.76 Å². The third-order valence-electron chi connectivity index (χ3n) is 2.85. The van der Waals surface area contributed by atoms with Crippen LogP contribution >= 0.6 is 0 Å². The fourth-order valence-corrected chi connectivity index (χ4v) is 2.07. The fourth-order valence-electron chi connectivity index (χ4n) is 2.07. The van der Waals surface area contributed by atoms with Crippen LogP contribution < -0.4 is 5.32 Å². The van der Waals surface area contributed by atoms with Crippen LogP contribution in [0.3, 0.4) is 0 Å². The lowest BCUT2D eigenvalue weighted by molar-refractivity contribution is 0.582. The summed E-state index contributed by atoms with van der Waals surface area (Å²) in [5, 5.41) is 3.40. The van der Waals surface area contributed by atoms with Gasteiger partial charge in [0, 0.05) is 17.8 Å². The summed E-state index contributed by atoms with van der Waals surface area (Å²) in [6, 6.07) is 10.4. The van der Waals surface area contributed by atoms with Gasteiger partial charge in [0.2, 0.25) is 0 Å². The van der Waals surface area contributed by atoms with Gasteiger partial charge in [-0.2, -0.15) is 0 Å². The SMILES string of the molecule is c1coc(-c2ccc3c(c2)CCCN3)c1. The molecule has 0 atom stereocenters. The Morgan fingerprint density at radius 1 is 1.20 bits per heavy atom. The normalized spacial score (nSPS) is 14.4. The Balaban J connectivity index is 2.04. The summed E-state index contributed by atoms with van der Waals surface area (Å²) in [6.07, 6.45) is 4.10. The smallest absolute Gasteiger partial charge is 0.133 e. The van der Waals surface area contributed by atoms with Crippen molar-refractivity contribution < 1.29 is 4.42 Å². The Morgan fingerprint density at radius 2 is 2.20 bits per heavy atom. The molecule has 1 N–H and O–H groups in total. The van der Waals surface area contributed by atoms with Crippen molar-refractivity contribution in [3.05, 3.63) is 42.2 Å². The van der Waals surface area contributed by atoms with Gasteiger partial charge in [-0.05, 0) is 48.7 Å². The molecule has 2 aromatic rings. The average molecular weight is 199 g/mol. The van der Waals surface area contributed by atoms with E-state index in [0.717, 1.165) is 18.7 Å². The number of nitrogens with one attached hydrogen (secondary N) is 1. The molecule has 15 heavy (non-hydrogen) atoms. The Bertz CT molecular complexity index is 459. The molecule has 0 bridgehead atoms. The monoisotopic (exact) mass is 199 g/mol. The van der Waals surface area contributed by atoms with Crippen molar-refractivity contribution in [2.45, 2.75) is 12.8 Å². The first-order chi connectivity index (χ1) is 7.43. The summed E-state index contributed by atoms with van der Waals surface area (Å²) in [5.41, 5.74) is 3.84. The second-order valence-corrected chi connectivity index (χ2v) is 3.88. The highest BCUT2D eigenvalue weighted by Crippen LogP contribution is 2.28. The second-order valence-electron chi connectivity index (χ2n) is 3.88. The zero-order chi connectivity index (χ0) is 10.1. The van der Waals surface area contributed by atoms with E-state index in [1.165, 1.54) is 23.2 Å². The van der Waals surface area contributed by atoms with Gasteiger partial charge in [-0.25, -0.2) is 0 Å². The van der Waals surface area contributed by atoms with Crippen LogP contribution in [0, 0.1) is 0 Å². The maximum Gasteiger partial charge on any atom is 0.133 e. The highest BCUT2D eigenvalue weighted by atomic mass is 16.3. The minimum Gasteiger partial charge on any atom is -0.464 e. The number of furan rings is 1. The Morgan fingerprint density at radius 3 is 3.07 bits per heavy atom. The van der Waals surface area contributed by atoms with Crippen LogP contribution in [0.2, 0.25) is 0 Å². The summed E-state index contributed by atoms with van der Waals surface area (Å²) in [4.78, 5) is 0. The molecule has 1 aliphatic heterocycles. The molecular weight excluding hydrogens is 186 g/mol. The summed E-state index contributed by atoms with van der Waals surface area (Å²) in [5.74, 6) is 0.948. The van der Waals surface area contributed by atoms with Gasteiger partial charge in [-0.3, -0.25) is 0 Å². The molecule has 1 aromatic heterocycles. The van der Waals surface area contributed by atoms with Crippen molar-refractivity contribution in [1.82, 2.24) is 0 Å². The van der Waals surface area contributed by atoms with Crippen molar-refractivity contribution in [2.75, 3.05) is 11.9 Å². The quantitative estimate of drug-likeness (QED) is 0.762. The van der Waals surface area contributed by atoms with Crippen LogP contribution in [-0.4, -0.2) is 6.54 Å². The van der Waals surface area contributed by atoms with Gasteiger partial charge in [-0.15, -0.1) is 0 Å². The van der Waals surface area contributed by atoms with Crippen LogP contribution in [0.15, 0.2) is 41.0 Å². The Labute approximate surface area is 88.9 Å². The van der Waals surface area contributed by atoms with Crippen molar-refractivity contribution in [3.8, 4) is 11.3 Å². The third kappa shape index (κ3) is 1.52. The van der Waals surface area contributed by atoms with E-state index in [-0.39, 0.29) is 0 Å². The molecule has 0 unspecified atom stereocenters. The lowest BCUT2D eigenvalue weighted by atomic mass is 10.00. The number of rotatable bonds is 1. The summed E-state index contributed by atoms with van der Waals surface area (Å²) in [6.45, 7) is 1.09. The topological polar surface area (TPSA) is 25.2 Å². The van der Waals surface area contributed by atoms with Crippen molar-refractivity contribution >= 4 is 5.69 Å². The maximum absolute atomic E-state index is 5.39. The van der Waals surface area contributed by atoms with Crippen molar-refractivity contribution in [3.63, 3.8) is 0 Å². The van der Waals surface area contributed by atoms with Gasteiger partial charge in [0.15, 0.2) is 0 Å². The molecule has 2 heterocycles. The minimum atomic E-state index is 0.948. The lowest BCUT2D eigenvalue weighted by Crippen LogP contribution is -2.11. The zero-order valence-electron chi connectivity index (χ0n) is 8.49. The first-order valence-corrected chi connectivity index (χ1v) is 5.34. The van der Waals surface area contributed by atoms with E-state index < -0.39 is 0 Å². The molecule has 1 aliphatic rings. The van der Waals surface area contributed by atoms with Crippen LogP contribution in [0.1, 0.15) is 12.0 Å². The minimum absolute atomic E-state index is 0.948. The van der Waals surface area contributed by atoms with E-state index >= 15 is 0 Å². The van der Waals surface area contributed by atoms with Gasteiger partial charge >= 0.3 is 0 Å². The first kappa shape index (κ1) is 8.60. The van der Waals surface area contributed by atoms with E-state index in [0.29, 0.717) is 0 Å². The predicted octanol–water partition coefficient (Wildman–Crippen LogP) is 3.30. The Kier molecular flexibility index (Phi) is 1.98. The number of hydrogen-bond donors (Lipinski definition) is 1. The highest BCUT2D eigenvalue weighted by molar-refractivity contribution is 5.65. The van der Waals surface area contributed by atoms with Gasteiger partial charge in [0.05, 0.1) is 6.26 Å². The number of aryl methyl sites for hydroxylation is 1. The van der Waals surface area contributed by atoms with Gasteiger partial charge in [0.25, 0.3) is 0 Å². The molecule has 0 spiro atoms. The van der Waals surface area contributed by atoms with E-state index in [4.69, 9.17) is 4.42 Å². The maximum atomic E-state index is 5.39. The second kappa shape index (κ2) is 3.46. The standard InChI is InChI=1S/C13H13NO/c1-3-10-9-11(13-4-2-8-15-13)5-6-12(10)14-7-1/h2,4-6,8-9,14H,1,3,7H2. The molecule has 0 fully saturated rings. The van der Waals surface area contributed by atoms with E-state index in [9.17, 15) is 0 Å². The summed E-state index contributed by atoms with van der Waals surface area (Å²) in [7, 11) is 0. The molecule has 0 saturated carbocycles. The molecule has 1 aromatic carbocycles. The van der Waals surface area contributed by atoms with E-state index in [1.54, 1.807) is 6.26 Å². The molecule has 0 radical (unpaired) electrons. The van der Waals surface area contributed by atoms with Crippen LogP contribution in [0.4, 0.5) is 5.69 Å². The first-order valence-electron chi connectivity index (χ1n) is 5.34. The molecule has 2 heteroatoms. The Hall–Kier alpha value is -1.70. The van der Waals surface area contributed by atoms with Gasteiger partial charge < -0.3 is 9.73 Å². The third-order valence-corrected chi connectivity index (χ3v) is 2.85. The van der Waals surface area contributed by atoms with Crippen LogP contribution in [0.25, 0.3) is 11.3 Å². The number of hydrogen-bond acceptors (Lipinski definition) is 2. The fraction of sp³-hybridized carbons (Fsp3) is 0.231. The summed E-state index contributed by atoms with van der Waals surface area (Å²) < 4.78 is 5.39. The number of anilines is 1. The van der Waals surface area contributed by atoms with Crippen molar-refractivity contribution in [2.24, 2.45) is 0 Å². The zero-order valence-corrected chi connectivity index (χ0v) is 8.49. The van der Waals surface area contributed by atoms with Crippen LogP contribution in [0.5, 0.6) is 0 Å². The van der Waals surface area contributed by atoms with Crippen molar-refractivity contribution in [1.29, 1.82) is 0 Å². The molecule has 2 nitrogen and oxygen atoms in total. The van der Waals surface area contributed by atoms with E-state index in [1.807, 2.05) is 12.1 Å². The molecule has 0 aliphatic carbocycles. The molecule has 0 saturated heterocycles. The van der Waals surface area contributed by atoms with Crippen LogP contribution in [-0.2, 0) is 6.42 Å². The van der Waals surface area contributed by atoms with Gasteiger partial charge in [-0.1, -0.05) is 0 Å².